The van der Waals surface area contributed by atoms with Crippen LogP contribution in [0.3, 0.4) is 0 Å². The largest absolute Gasteiger partial charge is 0.480 e. The predicted molar refractivity (Wildman–Crippen MR) is 85.1 cm³/mol. The van der Waals surface area contributed by atoms with Gasteiger partial charge in [-0.25, -0.2) is 0 Å². The van der Waals surface area contributed by atoms with Gasteiger partial charge in [0.2, 0.25) is 0 Å². The molecule has 0 radical (unpaired) electrons. The summed E-state index contributed by atoms with van der Waals surface area (Å²) in [6.07, 6.45) is 0. The van der Waals surface area contributed by atoms with E-state index in [1.165, 1.54) is 10.1 Å². The van der Waals surface area contributed by atoms with Crippen LogP contribution in [0.1, 0.15) is 31.2 Å². The van der Waals surface area contributed by atoms with E-state index in [4.69, 9.17) is 5.11 Å². The highest BCUT2D eigenvalue weighted by molar-refractivity contribution is 7.09. The van der Waals surface area contributed by atoms with Crippen molar-refractivity contribution in [3.63, 3.8) is 0 Å². The average Bonchev–Trinajstić information content (AvgIpc) is 2.63. The van der Waals surface area contributed by atoms with Gasteiger partial charge in [-0.1, -0.05) is 56.4 Å². The monoisotopic (exact) mass is 305 g/mol. The molecule has 2 aromatic rings. The Hall–Kier alpha value is -1.88. The molecule has 4 nitrogen and oxygen atoms in total. The van der Waals surface area contributed by atoms with Crippen LogP contribution in [0.15, 0.2) is 29.1 Å². The summed E-state index contributed by atoms with van der Waals surface area (Å²) in [7, 11) is 0. The standard InChI is InChI=1S/C16H19NO3S/c1-10-14(17(9-13(18)19)15(20)21-10)11-5-7-12(8-6-11)16(2,3)4/h5-8H,9H2,1-4H3,(H,18,19). The van der Waals surface area contributed by atoms with Crippen molar-refractivity contribution in [1.82, 2.24) is 4.57 Å². The first-order chi connectivity index (χ1) is 9.70. The van der Waals surface area contributed by atoms with Crippen LogP contribution in [-0.2, 0) is 16.8 Å². The maximum Gasteiger partial charge on any atom is 0.323 e. The highest BCUT2D eigenvalue weighted by Gasteiger charge is 2.17. The molecule has 0 aliphatic carbocycles. The predicted octanol–water partition coefficient (Wildman–Crippen LogP) is 3.27. The van der Waals surface area contributed by atoms with Crippen LogP contribution in [0.2, 0.25) is 0 Å². The van der Waals surface area contributed by atoms with E-state index in [2.05, 4.69) is 20.8 Å². The van der Waals surface area contributed by atoms with Gasteiger partial charge in [-0.2, -0.15) is 0 Å². The lowest BCUT2D eigenvalue weighted by molar-refractivity contribution is -0.137. The molecule has 2 rings (SSSR count). The summed E-state index contributed by atoms with van der Waals surface area (Å²) in [6.45, 7) is 7.95. The summed E-state index contributed by atoms with van der Waals surface area (Å²) in [5, 5.41) is 8.97. The molecule has 5 heteroatoms. The summed E-state index contributed by atoms with van der Waals surface area (Å²) in [5.41, 5.74) is 2.84. The lowest BCUT2D eigenvalue weighted by atomic mass is 9.86. The van der Waals surface area contributed by atoms with Crippen LogP contribution in [0, 0.1) is 6.92 Å². The third-order valence-electron chi connectivity index (χ3n) is 3.38. The van der Waals surface area contributed by atoms with E-state index in [0.717, 1.165) is 21.8 Å². The molecular weight excluding hydrogens is 286 g/mol. The number of carbonyl (C=O) groups is 1. The fourth-order valence-corrected chi connectivity index (χ4v) is 3.13. The number of nitrogens with zero attached hydrogens (tertiary/aromatic N) is 1. The van der Waals surface area contributed by atoms with Gasteiger partial charge in [-0.15, -0.1) is 0 Å². The van der Waals surface area contributed by atoms with E-state index in [0.29, 0.717) is 5.69 Å². The molecular formula is C16H19NO3S. The number of hydrogen-bond acceptors (Lipinski definition) is 3. The number of aryl methyl sites for hydroxylation is 1. The Balaban J connectivity index is 2.52. The van der Waals surface area contributed by atoms with Crippen molar-refractivity contribution < 1.29 is 9.90 Å². The van der Waals surface area contributed by atoms with Crippen LogP contribution in [-0.4, -0.2) is 15.6 Å². The Morgan fingerprint density at radius 2 is 1.81 bits per heavy atom. The average molecular weight is 305 g/mol. The molecule has 112 valence electrons. The highest BCUT2D eigenvalue weighted by atomic mass is 32.1. The third kappa shape index (κ3) is 3.24. The molecule has 1 aromatic carbocycles. The number of benzene rings is 1. The van der Waals surface area contributed by atoms with E-state index in [9.17, 15) is 9.59 Å². The molecule has 1 heterocycles. The second kappa shape index (κ2) is 5.48. The zero-order valence-corrected chi connectivity index (χ0v) is 13.5. The minimum Gasteiger partial charge on any atom is -0.480 e. The second-order valence-corrected chi connectivity index (χ2v) is 7.25. The van der Waals surface area contributed by atoms with Crippen LogP contribution in [0.25, 0.3) is 11.3 Å². The molecule has 0 fully saturated rings. The third-order valence-corrected chi connectivity index (χ3v) is 4.28. The maximum absolute atomic E-state index is 11.9. The van der Waals surface area contributed by atoms with Crippen LogP contribution < -0.4 is 4.87 Å². The normalized spacial score (nSPS) is 11.6. The number of aromatic nitrogens is 1. The first-order valence-corrected chi connectivity index (χ1v) is 7.54. The lowest BCUT2D eigenvalue weighted by Crippen LogP contribution is -2.19. The fourth-order valence-electron chi connectivity index (χ4n) is 2.28. The molecule has 0 saturated heterocycles. The smallest absolute Gasteiger partial charge is 0.323 e. The molecule has 21 heavy (non-hydrogen) atoms. The van der Waals surface area contributed by atoms with Crippen molar-refractivity contribution in [2.75, 3.05) is 0 Å². The van der Waals surface area contributed by atoms with E-state index < -0.39 is 5.97 Å². The first-order valence-electron chi connectivity index (χ1n) is 6.73. The van der Waals surface area contributed by atoms with Gasteiger partial charge in [0.1, 0.15) is 6.54 Å². The number of rotatable bonds is 3. The number of aliphatic carboxylic acids is 1. The van der Waals surface area contributed by atoms with E-state index in [1.807, 2.05) is 31.2 Å². The fraction of sp³-hybridized carbons (Fsp3) is 0.375. The maximum atomic E-state index is 11.9. The van der Waals surface area contributed by atoms with Gasteiger partial charge in [0.05, 0.1) is 5.69 Å². The zero-order valence-electron chi connectivity index (χ0n) is 12.6. The van der Waals surface area contributed by atoms with Crippen molar-refractivity contribution in [1.29, 1.82) is 0 Å². The minimum atomic E-state index is -1.01. The molecule has 0 bridgehead atoms. The second-order valence-electron chi connectivity index (χ2n) is 6.08. The van der Waals surface area contributed by atoms with Crippen LogP contribution in [0.4, 0.5) is 0 Å². The van der Waals surface area contributed by atoms with Gasteiger partial charge in [0, 0.05) is 4.88 Å². The van der Waals surface area contributed by atoms with Crippen LogP contribution in [0.5, 0.6) is 0 Å². The van der Waals surface area contributed by atoms with Gasteiger partial charge in [0.15, 0.2) is 0 Å². The first kappa shape index (κ1) is 15.5. The summed E-state index contributed by atoms with van der Waals surface area (Å²) in [6, 6.07) is 7.96. The molecule has 0 atom stereocenters. The molecule has 0 amide bonds. The number of carboxylic acid groups (broad SMARTS) is 1. The summed E-state index contributed by atoms with van der Waals surface area (Å²) >= 11 is 1.09. The quantitative estimate of drug-likeness (QED) is 0.946. The zero-order chi connectivity index (χ0) is 15.8. The van der Waals surface area contributed by atoms with E-state index >= 15 is 0 Å². The Morgan fingerprint density at radius 3 is 2.29 bits per heavy atom. The number of thiazole rings is 1. The van der Waals surface area contributed by atoms with Crippen molar-refractivity contribution >= 4 is 17.3 Å². The summed E-state index contributed by atoms with van der Waals surface area (Å²) in [4.78, 5) is 23.5. The molecule has 1 N–H and O–H groups in total. The summed E-state index contributed by atoms with van der Waals surface area (Å²) in [5.74, 6) is -1.01. The van der Waals surface area contributed by atoms with Gasteiger partial charge >= 0.3 is 10.8 Å². The van der Waals surface area contributed by atoms with Gasteiger partial charge in [0.25, 0.3) is 0 Å². The Bertz CT molecular complexity index is 717. The highest BCUT2D eigenvalue weighted by Crippen LogP contribution is 2.28. The van der Waals surface area contributed by atoms with Crippen molar-refractivity contribution in [3.8, 4) is 11.3 Å². The topological polar surface area (TPSA) is 59.3 Å². The molecule has 1 aromatic heterocycles. The van der Waals surface area contributed by atoms with Gasteiger partial charge in [-0.3, -0.25) is 14.2 Å². The minimum absolute atomic E-state index is 0.0585. The van der Waals surface area contributed by atoms with Gasteiger partial charge in [-0.05, 0) is 23.5 Å². The Kier molecular flexibility index (Phi) is 4.05. The number of carboxylic acids is 1. The van der Waals surface area contributed by atoms with E-state index in [1.54, 1.807) is 0 Å². The Labute approximate surface area is 127 Å². The number of hydrogen-bond donors (Lipinski definition) is 1. The van der Waals surface area contributed by atoms with E-state index in [-0.39, 0.29) is 16.8 Å². The lowest BCUT2D eigenvalue weighted by Gasteiger charge is -2.19. The van der Waals surface area contributed by atoms with Crippen molar-refractivity contribution in [3.05, 3.63) is 44.4 Å². The van der Waals surface area contributed by atoms with Crippen molar-refractivity contribution in [2.45, 2.75) is 39.7 Å². The molecule has 0 aliphatic heterocycles. The van der Waals surface area contributed by atoms with Crippen molar-refractivity contribution in [2.24, 2.45) is 0 Å². The molecule has 0 unspecified atom stereocenters. The molecule has 0 saturated carbocycles. The van der Waals surface area contributed by atoms with Gasteiger partial charge < -0.3 is 5.11 Å². The SMILES string of the molecule is Cc1sc(=O)n(CC(=O)O)c1-c1ccc(C(C)(C)C)cc1. The van der Waals surface area contributed by atoms with Crippen LogP contribution >= 0.6 is 11.3 Å². The summed E-state index contributed by atoms with van der Waals surface area (Å²) < 4.78 is 1.33. The molecule has 0 aliphatic rings. The Morgan fingerprint density at radius 1 is 1.24 bits per heavy atom. The molecule has 0 spiro atoms.